The van der Waals surface area contributed by atoms with Gasteiger partial charge >= 0.3 is 6.18 Å². The van der Waals surface area contributed by atoms with Gasteiger partial charge in [0.2, 0.25) is 0 Å². The number of nitrogens with one attached hydrogen (secondary N) is 1. The number of carbonyl (C=O) groups excluding carboxylic acids is 1. The normalized spacial score (nSPS) is 12.0. The summed E-state index contributed by atoms with van der Waals surface area (Å²) in [6.07, 6.45) is -3.33. The molecule has 0 aromatic heterocycles. The van der Waals surface area contributed by atoms with Gasteiger partial charge in [0.25, 0.3) is 11.7 Å². The van der Waals surface area contributed by atoms with Gasteiger partial charge in [-0.25, -0.2) is 0 Å². The zero-order chi connectivity index (χ0) is 20.0. The van der Waals surface area contributed by atoms with Gasteiger partial charge in [0, 0.05) is 10.6 Å². The highest BCUT2D eigenvalue weighted by atomic mass is 32.2. The van der Waals surface area contributed by atoms with Crippen molar-refractivity contribution in [2.45, 2.75) is 16.8 Å². The molecule has 0 saturated heterocycles. The SMILES string of the molecule is N#CC(=Cc1ccc(C(F)(F)F)cc1)C(=O)Nc1ccc(SC(F)F)cc1. The molecule has 0 heterocycles. The summed E-state index contributed by atoms with van der Waals surface area (Å²) in [6, 6.07) is 11.2. The van der Waals surface area contributed by atoms with E-state index in [1.165, 1.54) is 24.3 Å². The highest BCUT2D eigenvalue weighted by Crippen LogP contribution is 2.29. The van der Waals surface area contributed by atoms with Crippen molar-refractivity contribution in [2.75, 3.05) is 5.32 Å². The molecule has 0 aliphatic rings. The van der Waals surface area contributed by atoms with E-state index in [0.717, 1.165) is 30.3 Å². The number of benzene rings is 2. The van der Waals surface area contributed by atoms with Crippen LogP contribution in [0.4, 0.5) is 27.6 Å². The molecule has 2 aromatic rings. The number of hydrogen-bond acceptors (Lipinski definition) is 3. The van der Waals surface area contributed by atoms with Crippen molar-refractivity contribution in [3.8, 4) is 6.07 Å². The van der Waals surface area contributed by atoms with E-state index in [4.69, 9.17) is 5.26 Å². The molecule has 0 fully saturated rings. The highest BCUT2D eigenvalue weighted by molar-refractivity contribution is 7.99. The smallest absolute Gasteiger partial charge is 0.321 e. The number of carbonyl (C=O) groups is 1. The standard InChI is InChI=1S/C18H11F5N2OS/c19-17(20)27-15-7-5-14(6-8-15)25-16(26)12(10-24)9-11-1-3-13(4-2-11)18(21,22)23/h1-9,17H,(H,25,26). The topological polar surface area (TPSA) is 52.9 Å². The molecule has 0 bridgehead atoms. The van der Waals surface area contributed by atoms with Gasteiger partial charge in [-0.3, -0.25) is 4.79 Å². The van der Waals surface area contributed by atoms with Crippen molar-refractivity contribution in [1.29, 1.82) is 5.26 Å². The lowest BCUT2D eigenvalue weighted by Crippen LogP contribution is -2.13. The lowest BCUT2D eigenvalue weighted by Gasteiger charge is -2.07. The molecule has 3 nitrogen and oxygen atoms in total. The maximum absolute atomic E-state index is 12.5. The third-order valence-corrected chi connectivity index (χ3v) is 3.97. The van der Waals surface area contributed by atoms with E-state index in [0.29, 0.717) is 16.7 Å². The number of nitriles is 1. The van der Waals surface area contributed by atoms with E-state index < -0.39 is 23.4 Å². The predicted molar refractivity (Wildman–Crippen MR) is 92.0 cm³/mol. The summed E-state index contributed by atoms with van der Waals surface area (Å²) >= 11 is 0.352. The van der Waals surface area contributed by atoms with Crippen LogP contribution in [-0.4, -0.2) is 11.7 Å². The molecule has 140 valence electrons. The monoisotopic (exact) mass is 398 g/mol. The van der Waals surface area contributed by atoms with E-state index in [1.807, 2.05) is 0 Å². The van der Waals surface area contributed by atoms with Crippen LogP contribution in [0.1, 0.15) is 11.1 Å². The molecular weight excluding hydrogens is 387 g/mol. The number of anilines is 1. The second-order valence-electron chi connectivity index (χ2n) is 5.15. The molecule has 2 rings (SSSR count). The van der Waals surface area contributed by atoms with Crippen molar-refractivity contribution in [1.82, 2.24) is 0 Å². The number of rotatable bonds is 5. The number of thioether (sulfide) groups is 1. The predicted octanol–water partition coefficient (Wildman–Crippen LogP) is 5.57. The zero-order valence-electron chi connectivity index (χ0n) is 13.4. The third kappa shape index (κ3) is 6.11. The Bertz CT molecular complexity index is 869. The lowest BCUT2D eigenvalue weighted by molar-refractivity contribution is -0.137. The summed E-state index contributed by atoms with van der Waals surface area (Å²) in [6.45, 7) is 0. The van der Waals surface area contributed by atoms with Crippen molar-refractivity contribution in [3.63, 3.8) is 0 Å². The van der Waals surface area contributed by atoms with Crippen LogP contribution < -0.4 is 5.32 Å². The van der Waals surface area contributed by atoms with E-state index in [2.05, 4.69) is 5.32 Å². The third-order valence-electron chi connectivity index (χ3n) is 3.25. The number of hydrogen-bond donors (Lipinski definition) is 1. The number of nitrogens with zero attached hydrogens (tertiary/aromatic N) is 1. The summed E-state index contributed by atoms with van der Waals surface area (Å²) in [4.78, 5) is 12.4. The fourth-order valence-electron chi connectivity index (χ4n) is 2.00. The number of halogens is 5. The summed E-state index contributed by atoms with van der Waals surface area (Å²) < 4.78 is 62.2. The first-order chi connectivity index (χ1) is 12.7. The Balaban J connectivity index is 2.11. The molecule has 9 heteroatoms. The maximum atomic E-state index is 12.5. The van der Waals surface area contributed by atoms with Crippen LogP contribution in [0.25, 0.3) is 6.08 Å². The molecule has 0 unspecified atom stereocenters. The van der Waals surface area contributed by atoms with Gasteiger partial charge < -0.3 is 5.32 Å². The molecule has 0 spiro atoms. The zero-order valence-corrected chi connectivity index (χ0v) is 14.2. The summed E-state index contributed by atoms with van der Waals surface area (Å²) in [5.74, 6) is -3.34. The second-order valence-corrected chi connectivity index (χ2v) is 6.21. The highest BCUT2D eigenvalue weighted by Gasteiger charge is 2.29. The molecule has 2 aromatic carbocycles. The van der Waals surface area contributed by atoms with Crippen molar-refractivity contribution >= 4 is 29.4 Å². The summed E-state index contributed by atoms with van der Waals surface area (Å²) in [5.41, 5.74) is -0.629. The fourth-order valence-corrected chi connectivity index (χ4v) is 2.50. The number of amides is 1. The Morgan fingerprint density at radius 3 is 2.15 bits per heavy atom. The Kier molecular flexibility index (Phi) is 6.58. The fraction of sp³-hybridized carbons (Fsp3) is 0.111. The average Bonchev–Trinajstić information content (AvgIpc) is 2.60. The molecule has 27 heavy (non-hydrogen) atoms. The van der Waals surface area contributed by atoms with Crippen LogP contribution >= 0.6 is 11.8 Å². The van der Waals surface area contributed by atoms with Crippen LogP contribution in [0.15, 0.2) is 59.0 Å². The average molecular weight is 398 g/mol. The van der Waals surface area contributed by atoms with Gasteiger partial charge in [-0.15, -0.1) is 0 Å². The van der Waals surface area contributed by atoms with E-state index in [-0.39, 0.29) is 16.8 Å². The molecule has 1 amide bonds. The molecule has 1 N–H and O–H groups in total. The largest absolute Gasteiger partial charge is 0.416 e. The Labute approximate surface area is 155 Å². The van der Waals surface area contributed by atoms with Gasteiger partial charge in [0.05, 0.1) is 5.56 Å². The van der Waals surface area contributed by atoms with Gasteiger partial charge in [0.1, 0.15) is 11.6 Å². The second kappa shape index (κ2) is 8.68. The van der Waals surface area contributed by atoms with E-state index in [1.54, 1.807) is 6.07 Å². The first-order valence-corrected chi connectivity index (χ1v) is 8.22. The number of alkyl halides is 5. The van der Waals surface area contributed by atoms with Crippen molar-refractivity contribution < 1.29 is 26.7 Å². The van der Waals surface area contributed by atoms with Crippen LogP contribution in [-0.2, 0) is 11.0 Å². The minimum absolute atomic E-state index is 0.249. The Morgan fingerprint density at radius 1 is 1.07 bits per heavy atom. The van der Waals surface area contributed by atoms with Crippen LogP contribution in [0.5, 0.6) is 0 Å². The molecular formula is C18H11F5N2OS. The van der Waals surface area contributed by atoms with Crippen LogP contribution in [0.2, 0.25) is 0 Å². The van der Waals surface area contributed by atoms with Crippen molar-refractivity contribution in [3.05, 3.63) is 65.2 Å². The minimum Gasteiger partial charge on any atom is -0.321 e. The summed E-state index contributed by atoms with van der Waals surface area (Å²) in [7, 11) is 0. The molecule has 0 saturated carbocycles. The van der Waals surface area contributed by atoms with E-state index in [9.17, 15) is 26.7 Å². The molecule has 0 aliphatic carbocycles. The van der Waals surface area contributed by atoms with Gasteiger partial charge in [0.15, 0.2) is 0 Å². The maximum Gasteiger partial charge on any atom is 0.416 e. The lowest BCUT2D eigenvalue weighted by atomic mass is 10.1. The quantitative estimate of drug-likeness (QED) is 0.310. The molecule has 0 aliphatic heterocycles. The van der Waals surface area contributed by atoms with E-state index >= 15 is 0 Å². The molecule has 0 atom stereocenters. The van der Waals surface area contributed by atoms with Crippen molar-refractivity contribution in [2.24, 2.45) is 0 Å². The van der Waals surface area contributed by atoms with Crippen LogP contribution in [0, 0.1) is 11.3 Å². The van der Waals surface area contributed by atoms with Gasteiger partial charge in [-0.05, 0) is 48.0 Å². The first kappa shape index (κ1) is 20.5. The Morgan fingerprint density at radius 2 is 1.67 bits per heavy atom. The molecule has 0 radical (unpaired) electrons. The van der Waals surface area contributed by atoms with Gasteiger partial charge in [-0.2, -0.15) is 27.2 Å². The first-order valence-electron chi connectivity index (χ1n) is 7.34. The minimum atomic E-state index is -4.48. The van der Waals surface area contributed by atoms with Gasteiger partial charge in [-0.1, -0.05) is 23.9 Å². The Hall–Kier alpha value is -2.86. The van der Waals surface area contributed by atoms with Crippen LogP contribution in [0.3, 0.4) is 0 Å². The summed E-state index contributed by atoms with van der Waals surface area (Å²) in [5, 5.41) is 11.5.